The smallest absolute Gasteiger partial charge is 0.365 e. The fourth-order valence-electron chi connectivity index (χ4n) is 5.80. The zero-order valence-corrected chi connectivity index (χ0v) is 23.0. The van der Waals surface area contributed by atoms with Crippen molar-refractivity contribution in [1.29, 1.82) is 0 Å². The largest absolute Gasteiger partial charge is 0.439 e. The fraction of sp³-hybridized carbons (Fsp3) is 0.536. The van der Waals surface area contributed by atoms with Crippen LogP contribution in [-0.4, -0.2) is 45.7 Å². The van der Waals surface area contributed by atoms with E-state index in [-0.39, 0.29) is 23.7 Å². The van der Waals surface area contributed by atoms with Crippen molar-refractivity contribution < 1.29 is 4.52 Å². The summed E-state index contributed by atoms with van der Waals surface area (Å²) in [7, 11) is 0. The van der Waals surface area contributed by atoms with Crippen LogP contribution in [0.1, 0.15) is 70.5 Å². The third-order valence-corrected chi connectivity index (χ3v) is 8.51. The molecule has 0 amide bonds. The van der Waals surface area contributed by atoms with Crippen LogP contribution in [0.5, 0.6) is 0 Å². The van der Waals surface area contributed by atoms with E-state index in [1.807, 2.05) is 6.92 Å². The van der Waals surface area contributed by atoms with Crippen LogP contribution < -0.4 is 16.4 Å². The Morgan fingerprint density at radius 1 is 1.12 bits per heavy atom. The van der Waals surface area contributed by atoms with Gasteiger partial charge < -0.3 is 15.2 Å². The van der Waals surface area contributed by atoms with Crippen LogP contribution in [0.25, 0.3) is 22.8 Å². The Balaban J connectivity index is 1.44. The molecule has 2 aliphatic rings. The minimum atomic E-state index is -0.656. The molecule has 12 heteroatoms. The number of allylic oxidation sites excluding steroid dienone is 1. The minimum Gasteiger partial charge on any atom is -0.365 e. The van der Waals surface area contributed by atoms with Gasteiger partial charge >= 0.3 is 5.76 Å². The first-order valence-electron chi connectivity index (χ1n) is 14.2. The highest BCUT2D eigenvalue weighted by Crippen LogP contribution is 2.36. The van der Waals surface area contributed by atoms with Crippen molar-refractivity contribution in [2.45, 2.75) is 77.4 Å². The molecule has 4 aromatic heterocycles. The highest BCUT2D eigenvalue weighted by Gasteiger charge is 2.29. The van der Waals surface area contributed by atoms with E-state index in [1.165, 1.54) is 19.3 Å². The summed E-state index contributed by atoms with van der Waals surface area (Å²) in [6.07, 6.45) is 15.4. The summed E-state index contributed by atoms with van der Waals surface area (Å²) in [6, 6.07) is 0.0859. The lowest BCUT2D eigenvalue weighted by molar-refractivity contribution is 0.283. The van der Waals surface area contributed by atoms with E-state index in [9.17, 15) is 4.79 Å². The first kappa shape index (κ1) is 26.1. The first-order valence-corrected chi connectivity index (χ1v) is 14.2. The van der Waals surface area contributed by atoms with Crippen molar-refractivity contribution in [1.82, 2.24) is 39.6 Å². The average molecular weight is 545 g/mol. The van der Waals surface area contributed by atoms with Gasteiger partial charge in [0.25, 0.3) is 0 Å². The van der Waals surface area contributed by atoms with Crippen molar-refractivity contribution in [3.05, 3.63) is 47.5 Å². The van der Waals surface area contributed by atoms with E-state index in [4.69, 9.17) is 19.5 Å². The lowest BCUT2D eigenvalue weighted by atomic mass is 9.80. The van der Waals surface area contributed by atoms with Gasteiger partial charge in [0.2, 0.25) is 17.6 Å². The van der Waals surface area contributed by atoms with Gasteiger partial charge in [-0.05, 0) is 70.1 Å². The molecular formula is C28H36N10O2. The third-order valence-electron chi connectivity index (χ3n) is 8.51. The van der Waals surface area contributed by atoms with Crippen molar-refractivity contribution in [3.8, 4) is 11.6 Å². The molecule has 2 atom stereocenters. The second-order valence-electron chi connectivity index (χ2n) is 11.2. The molecule has 6 rings (SSSR count). The van der Waals surface area contributed by atoms with E-state index in [0.29, 0.717) is 35.2 Å². The fourth-order valence-corrected chi connectivity index (χ4v) is 5.80. The highest BCUT2D eigenvalue weighted by atomic mass is 16.5. The second-order valence-corrected chi connectivity index (χ2v) is 11.2. The Bertz CT molecular complexity index is 1520. The summed E-state index contributed by atoms with van der Waals surface area (Å²) in [5.41, 5.74) is 2.17. The van der Waals surface area contributed by atoms with Crippen LogP contribution in [0.2, 0.25) is 0 Å². The third kappa shape index (κ3) is 5.34. The first-order chi connectivity index (χ1) is 19.5. The number of aromatic nitrogens is 8. The van der Waals surface area contributed by atoms with Crippen LogP contribution in [-0.2, 0) is 6.54 Å². The van der Waals surface area contributed by atoms with Crippen molar-refractivity contribution >= 4 is 22.9 Å². The molecule has 0 bridgehead atoms. The van der Waals surface area contributed by atoms with Gasteiger partial charge in [-0.1, -0.05) is 17.7 Å². The molecule has 3 N–H and O–H groups in total. The standard InChI is InChI=1S/C28H36N10O2/c1-4-18-8-10-19(11-9-18)15-38-22-23(31-16(2)20-6-5-7-20)33-25(26-36-28(39)40-37-26)34-24(22)35-27(38)32-17(3)21-14-29-12-13-30-21/h4,12-14,16-20H,1,5-11,15H2,2-3H3,(H,36,37,39)(H2,31,32,33,34,35)/t16-,17?,18?,19?/m1/s1. The number of nitrogens with one attached hydrogen (secondary N) is 3. The number of anilines is 2. The number of rotatable bonds is 10. The van der Waals surface area contributed by atoms with E-state index >= 15 is 0 Å². The van der Waals surface area contributed by atoms with Crippen LogP contribution in [0.15, 0.2) is 40.6 Å². The SMILES string of the molecule is C=CC1CCC(Cn2c(NC(C)c3cnccn3)nc3nc(-c4noc(=O)[nH]4)nc(N[C@H](C)C4CCC4)c32)CC1. The van der Waals surface area contributed by atoms with Gasteiger partial charge in [-0.3, -0.25) is 19.5 Å². The molecule has 0 aliphatic heterocycles. The Kier molecular flexibility index (Phi) is 7.31. The predicted octanol–water partition coefficient (Wildman–Crippen LogP) is 4.73. The monoisotopic (exact) mass is 544 g/mol. The Morgan fingerprint density at radius 2 is 1.95 bits per heavy atom. The van der Waals surface area contributed by atoms with Crippen LogP contribution >= 0.6 is 0 Å². The summed E-state index contributed by atoms with van der Waals surface area (Å²) < 4.78 is 6.96. The summed E-state index contributed by atoms with van der Waals surface area (Å²) in [6.45, 7) is 9.03. The molecule has 4 heterocycles. The molecule has 0 saturated heterocycles. The number of imidazole rings is 1. The van der Waals surface area contributed by atoms with Crippen LogP contribution in [0.3, 0.4) is 0 Å². The van der Waals surface area contributed by atoms with Gasteiger partial charge in [0, 0.05) is 25.0 Å². The Morgan fingerprint density at radius 3 is 2.60 bits per heavy atom. The van der Waals surface area contributed by atoms with Crippen molar-refractivity contribution in [2.24, 2.45) is 17.8 Å². The molecule has 12 nitrogen and oxygen atoms in total. The Hall–Kier alpha value is -4.09. The lowest BCUT2D eigenvalue weighted by Crippen LogP contribution is -2.31. The molecule has 1 unspecified atom stereocenters. The minimum absolute atomic E-state index is 0.134. The summed E-state index contributed by atoms with van der Waals surface area (Å²) in [5.74, 6) is 2.80. The van der Waals surface area contributed by atoms with Gasteiger partial charge in [0.15, 0.2) is 11.5 Å². The Labute approximate surface area is 232 Å². The maximum atomic E-state index is 11.7. The van der Waals surface area contributed by atoms with Crippen molar-refractivity contribution in [2.75, 3.05) is 10.6 Å². The average Bonchev–Trinajstić information content (AvgIpc) is 3.52. The number of hydrogen-bond donors (Lipinski definition) is 3. The maximum absolute atomic E-state index is 11.7. The van der Waals surface area contributed by atoms with Gasteiger partial charge in [-0.25, -0.2) is 14.8 Å². The van der Waals surface area contributed by atoms with Gasteiger partial charge in [-0.15, -0.1) is 6.58 Å². The summed E-state index contributed by atoms with van der Waals surface area (Å²) in [4.78, 5) is 37.5. The van der Waals surface area contributed by atoms with Crippen molar-refractivity contribution in [3.63, 3.8) is 0 Å². The quantitative estimate of drug-likeness (QED) is 0.239. The summed E-state index contributed by atoms with van der Waals surface area (Å²) >= 11 is 0. The number of H-pyrrole nitrogens is 1. The molecule has 40 heavy (non-hydrogen) atoms. The molecule has 210 valence electrons. The molecular weight excluding hydrogens is 508 g/mol. The normalized spacial score (nSPS) is 21.1. The zero-order valence-electron chi connectivity index (χ0n) is 23.0. The van der Waals surface area contributed by atoms with E-state index in [0.717, 1.165) is 43.4 Å². The molecule has 0 aromatic carbocycles. The van der Waals surface area contributed by atoms with Gasteiger partial charge in [-0.2, -0.15) is 4.98 Å². The van der Waals surface area contributed by atoms with Crippen LogP contribution in [0.4, 0.5) is 11.8 Å². The zero-order chi connectivity index (χ0) is 27.6. The number of fused-ring (bicyclic) bond motifs is 1. The molecule has 0 spiro atoms. The maximum Gasteiger partial charge on any atom is 0.439 e. The predicted molar refractivity (Wildman–Crippen MR) is 152 cm³/mol. The molecule has 4 aromatic rings. The molecule has 2 saturated carbocycles. The van der Waals surface area contributed by atoms with Crippen LogP contribution in [0, 0.1) is 17.8 Å². The van der Waals surface area contributed by atoms with E-state index in [2.05, 4.69) is 54.9 Å². The van der Waals surface area contributed by atoms with E-state index < -0.39 is 5.76 Å². The summed E-state index contributed by atoms with van der Waals surface area (Å²) in [5, 5.41) is 11.1. The second kappa shape index (κ2) is 11.2. The van der Waals surface area contributed by atoms with Gasteiger partial charge in [0.05, 0.1) is 17.9 Å². The molecule has 2 aliphatic carbocycles. The lowest BCUT2D eigenvalue weighted by Gasteiger charge is -2.32. The number of aromatic amines is 1. The van der Waals surface area contributed by atoms with Gasteiger partial charge in [0.1, 0.15) is 5.52 Å². The number of nitrogens with zero attached hydrogens (tertiary/aromatic N) is 7. The topological polar surface area (TPSA) is 152 Å². The molecule has 0 radical (unpaired) electrons. The highest BCUT2D eigenvalue weighted by molar-refractivity contribution is 5.87. The molecule has 2 fully saturated rings. The number of hydrogen-bond acceptors (Lipinski definition) is 10. The van der Waals surface area contributed by atoms with E-state index in [1.54, 1.807) is 18.6 Å².